The molecule has 0 saturated carbocycles. The van der Waals surface area contributed by atoms with E-state index < -0.39 is 5.97 Å². The first kappa shape index (κ1) is 20.3. The molecule has 1 aromatic carbocycles. The van der Waals surface area contributed by atoms with Crippen LogP contribution in [-0.2, 0) is 9.59 Å². The lowest BCUT2D eigenvalue weighted by Gasteiger charge is -2.33. The van der Waals surface area contributed by atoms with E-state index in [0.717, 1.165) is 38.8 Å². The van der Waals surface area contributed by atoms with Gasteiger partial charge in [0.2, 0.25) is 11.8 Å². The molecule has 0 aliphatic carbocycles. The summed E-state index contributed by atoms with van der Waals surface area (Å²) in [7, 11) is 0. The molecule has 0 unspecified atom stereocenters. The van der Waals surface area contributed by atoms with Crippen LogP contribution in [0.15, 0.2) is 24.3 Å². The van der Waals surface area contributed by atoms with Gasteiger partial charge in [-0.3, -0.25) is 9.59 Å². The lowest BCUT2D eigenvalue weighted by Crippen LogP contribution is -2.44. The van der Waals surface area contributed by atoms with Gasteiger partial charge in [0.15, 0.2) is 0 Å². The minimum absolute atomic E-state index is 0.0709. The van der Waals surface area contributed by atoms with Crippen LogP contribution in [-0.4, -0.2) is 54.0 Å². The predicted molar refractivity (Wildman–Crippen MR) is 106 cm³/mol. The van der Waals surface area contributed by atoms with Crippen LogP contribution in [0.4, 0.5) is 5.69 Å². The largest absolute Gasteiger partial charge is 0.478 e. The van der Waals surface area contributed by atoms with E-state index in [2.05, 4.69) is 10.6 Å². The van der Waals surface area contributed by atoms with Crippen LogP contribution in [0, 0.1) is 11.8 Å². The van der Waals surface area contributed by atoms with E-state index >= 15 is 0 Å². The lowest BCUT2D eigenvalue weighted by molar-refractivity contribution is -0.134. The topological polar surface area (TPSA) is 98.7 Å². The van der Waals surface area contributed by atoms with Crippen LogP contribution in [0.3, 0.4) is 0 Å². The predicted octanol–water partition coefficient (Wildman–Crippen LogP) is 2.34. The zero-order valence-electron chi connectivity index (χ0n) is 16.2. The summed E-state index contributed by atoms with van der Waals surface area (Å²) >= 11 is 0. The third-order valence-electron chi connectivity index (χ3n) is 5.79. The molecule has 0 aromatic heterocycles. The van der Waals surface area contributed by atoms with Gasteiger partial charge in [-0.1, -0.05) is 12.1 Å². The van der Waals surface area contributed by atoms with Gasteiger partial charge in [-0.15, -0.1) is 0 Å². The number of para-hydroxylation sites is 1. The second-order valence-electron chi connectivity index (χ2n) is 7.75. The number of carboxylic acid groups (broad SMARTS) is 1. The Morgan fingerprint density at radius 2 is 1.89 bits per heavy atom. The molecule has 0 spiro atoms. The van der Waals surface area contributed by atoms with Gasteiger partial charge < -0.3 is 20.6 Å². The molecule has 2 fully saturated rings. The molecule has 0 bridgehead atoms. The van der Waals surface area contributed by atoms with Crippen LogP contribution in [0.2, 0.25) is 0 Å². The molecule has 1 atom stereocenters. The van der Waals surface area contributed by atoms with Crippen LogP contribution in [0.1, 0.15) is 48.9 Å². The van der Waals surface area contributed by atoms with Crippen molar-refractivity contribution in [2.75, 3.05) is 31.5 Å². The molecule has 3 rings (SSSR count). The van der Waals surface area contributed by atoms with E-state index in [1.165, 1.54) is 6.07 Å². The Morgan fingerprint density at radius 1 is 1.14 bits per heavy atom. The monoisotopic (exact) mass is 387 g/mol. The number of amides is 2. The van der Waals surface area contributed by atoms with Crippen LogP contribution in [0.25, 0.3) is 0 Å². The number of benzene rings is 1. The molecule has 2 amide bonds. The van der Waals surface area contributed by atoms with Crippen molar-refractivity contribution in [3.05, 3.63) is 29.8 Å². The molecule has 1 aromatic rings. The number of nitrogens with one attached hydrogen (secondary N) is 2. The summed E-state index contributed by atoms with van der Waals surface area (Å²) < 4.78 is 0. The Kier molecular flexibility index (Phi) is 7.03. The number of likely N-dealkylation sites (tertiary alicyclic amines) is 1. The zero-order chi connectivity index (χ0) is 19.9. The number of piperidine rings is 2. The van der Waals surface area contributed by atoms with E-state index in [4.69, 9.17) is 0 Å². The molecule has 2 saturated heterocycles. The molecule has 2 heterocycles. The molecule has 2 aliphatic rings. The fourth-order valence-electron chi connectivity index (χ4n) is 4.09. The maximum atomic E-state index is 12.7. The number of rotatable bonds is 6. The Bertz CT molecular complexity index is 715. The van der Waals surface area contributed by atoms with E-state index in [-0.39, 0.29) is 23.3 Å². The fraction of sp³-hybridized carbons (Fsp3) is 0.571. The van der Waals surface area contributed by atoms with Gasteiger partial charge in [-0.2, -0.15) is 0 Å². The average Bonchev–Trinajstić information content (AvgIpc) is 2.73. The number of nitrogens with zero attached hydrogens (tertiary/aromatic N) is 1. The SMILES string of the molecule is O=C(O)c1ccccc1NC(=O)[C@@H]1CCCN(C(=O)CCC2CCNCC2)C1. The quantitative estimate of drug-likeness (QED) is 0.696. The number of carboxylic acids is 1. The Balaban J connectivity index is 1.53. The van der Waals surface area contributed by atoms with Crippen LogP contribution >= 0.6 is 0 Å². The second kappa shape index (κ2) is 9.68. The smallest absolute Gasteiger partial charge is 0.337 e. The van der Waals surface area contributed by atoms with Crippen molar-refractivity contribution in [1.82, 2.24) is 10.2 Å². The highest BCUT2D eigenvalue weighted by Crippen LogP contribution is 2.23. The van der Waals surface area contributed by atoms with Gasteiger partial charge in [0.05, 0.1) is 17.2 Å². The highest BCUT2D eigenvalue weighted by atomic mass is 16.4. The van der Waals surface area contributed by atoms with Crippen LogP contribution < -0.4 is 10.6 Å². The maximum absolute atomic E-state index is 12.7. The first-order valence-corrected chi connectivity index (χ1v) is 10.2. The summed E-state index contributed by atoms with van der Waals surface area (Å²) in [6, 6.07) is 6.38. The van der Waals surface area contributed by atoms with Crippen molar-refractivity contribution >= 4 is 23.5 Å². The molecule has 7 nitrogen and oxygen atoms in total. The molecule has 28 heavy (non-hydrogen) atoms. The highest BCUT2D eigenvalue weighted by molar-refractivity contribution is 6.01. The number of aromatic carboxylic acids is 1. The van der Waals surface area contributed by atoms with Crippen molar-refractivity contribution in [1.29, 1.82) is 0 Å². The number of anilines is 1. The third kappa shape index (κ3) is 5.32. The van der Waals surface area contributed by atoms with E-state index in [1.807, 2.05) is 0 Å². The zero-order valence-corrected chi connectivity index (χ0v) is 16.2. The Morgan fingerprint density at radius 3 is 2.64 bits per heavy atom. The summed E-state index contributed by atoms with van der Waals surface area (Å²) in [4.78, 5) is 38.4. The molecule has 3 N–H and O–H groups in total. The van der Waals surface area contributed by atoms with Crippen molar-refractivity contribution in [2.24, 2.45) is 11.8 Å². The van der Waals surface area contributed by atoms with Crippen LogP contribution in [0.5, 0.6) is 0 Å². The van der Waals surface area contributed by atoms with Gasteiger partial charge in [-0.25, -0.2) is 4.79 Å². The standard InChI is InChI=1S/C21H29N3O4/c25-19(8-7-15-9-11-22-12-10-15)24-13-3-4-16(14-24)20(26)23-18-6-2-1-5-17(18)21(27)28/h1-2,5-6,15-16,22H,3-4,7-14H2,(H,23,26)(H,27,28)/t16-/m1/s1. The van der Waals surface area contributed by atoms with Gasteiger partial charge in [0, 0.05) is 19.5 Å². The number of hydrogen-bond acceptors (Lipinski definition) is 4. The minimum Gasteiger partial charge on any atom is -0.478 e. The van der Waals surface area contributed by atoms with Gasteiger partial charge in [-0.05, 0) is 63.2 Å². The van der Waals surface area contributed by atoms with Gasteiger partial charge in [0.25, 0.3) is 0 Å². The summed E-state index contributed by atoms with van der Waals surface area (Å²) in [5, 5.41) is 15.3. The van der Waals surface area contributed by atoms with Gasteiger partial charge >= 0.3 is 5.97 Å². The molecular weight excluding hydrogens is 358 g/mol. The highest BCUT2D eigenvalue weighted by Gasteiger charge is 2.29. The maximum Gasteiger partial charge on any atom is 0.337 e. The molecule has 7 heteroatoms. The molecule has 0 radical (unpaired) electrons. The van der Waals surface area contributed by atoms with Crippen molar-refractivity contribution in [2.45, 2.75) is 38.5 Å². The molecule has 152 valence electrons. The Labute approximate surface area is 165 Å². The van der Waals surface area contributed by atoms with Gasteiger partial charge in [0.1, 0.15) is 0 Å². The van der Waals surface area contributed by atoms with Crippen molar-refractivity contribution < 1.29 is 19.5 Å². The lowest BCUT2D eigenvalue weighted by atomic mass is 9.92. The summed E-state index contributed by atoms with van der Waals surface area (Å²) in [6.45, 7) is 3.16. The molecular formula is C21H29N3O4. The summed E-state index contributed by atoms with van der Waals surface area (Å²) in [5.41, 5.74) is 0.371. The molecule has 2 aliphatic heterocycles. The average molecular weight is 387 g/mol. The minimum atomic E-state index is -1.07. The summed E-state index contributed by atoms with van der Waals surface area (Å²) in [6.07, 6.45) is 5.21. The first-order chi connectivity index (χ1) is 13.5. The normalized spacial score (nSPS) is 20.6. The number of hydrogen-bond donors (Lipinski definition) is 3. The Hall–Kier alpha value is -2.41. The number of carbonyl (C=O) groups excluding carboxylic acids is 2. The first-order valence-electron chi connectivity index (χ1n) is 10.2. The third-order valence-corrected chi connectivity index (χ3v) is 5.79. The number of carbonyl (C=O) groups is 3. The van der Waals surface area contributed by atoms with E-state index in [0.29, 0.717) is 37.5 Å². The summed E-state index contributed by atoms with van der Waals surface area (Å²) in [5.74, 6) is -0.860. The van der Waals surface area contributed by atoms with E-state index in [1.54, 1.807) is 23.1 Å². The van der Waals surface area contributed by atoms with E-state index in [9.17, 15) is 19.5 Å². The van der Waals surface area contributed by atoms with Crippen molar-refractivity contribution in [3.8, 4) is 0 Å². The fourth-order valence-corrected chi connectivity index (χ4v) is 4.09. The van der Waals surface area contributed by atoms with Crippen molar-refractivity contribution in [3.63, 3.8) is 0 Å². The second-order valence-corrected chi connectivity index (χ2v) is 7.75.